The minimum absolute atomic E-state index is 0.0413. The third-order valence-corrected chi connectivity index (χ3v) is 4.14. The summed E-state index contributed by atoms with van der Waals surface area (Å²) in [6.07, 6.45) is 0. The number of halogens is 1. The Hall–Kier alpha value is -1.88. The van der Waals surface area contributed by atoms with Crippen LogP contribution < -0.4 is 5.32 Å². The lowest BCUT2D eigenvalue weighted by atomic mass is 10.0. The number of ether oxygens (including phenoxy) is 1. The maximum atomic E-state index is 12.9. The van der Waals surface area contributed by atoms with Crippen LogP contribution in [-0.2, 0) is 9.53 Å². The Morgan fingerprint density at radius 1 is 1.04 bits per heavy atom. The van der Waals surface area contributed by atoms with Gasteiger partial charge in [0.05, 0.1) is 13.2 Å². The molecule has 5 heteroatoms. The second-order valence-corrected chi connectivity index (χ2v) is 5.89. The fraction of sp³-hybridized carbons (Fsp3) is 0.278. The number of rotatable bonds is 4. The number of amides is 1. The van der Waals surface area contributed by atoms with E-state index in [9.17, 15) is 4.79 Å². The van der Waals surface area contributed by atoms with E-state index in [0.29, 0.717) is 18.2 Å². The van der Waals surface area contributed by atoms with Crippen molar-refractivity contribution < 1.29 is 9.53 Å². The van der Waals surface area contributed by atoms with Gasteiger partial charge in [0, 0.05) is 23.8 Å². The smallest absolute Gasteiger partial charge is 0.246 e. The number of carbonyl (C=O) groups excluding carboxylic acids is 1. The van der Waals surface area contributed by atoms with Crippen molar-refractivity contribution in [2.45, 2.75) is 6.04 Å². The van der Waals surface area contributed by atoms with Crippen LogP contribution >= 0.6 is 11.6 Å². The van der Waals surface area contributed by atoms with Gasteiger partial charge in [-0.1, -0.05) is 41.9 Å². The molecule has 0 unspecified atom stereocenters. The highest BCUT2D eigenvalue weighted by Gasteiger charge is 2.28. The Morgan fingerprint density at radius 2 is 1.70 bits per heavy atom. The summed E-state index contributed by atoms with van der Waals surface area (Å²) in [5.41, 5.74) is 1.73. The van der Waals surface area contributed by atoms with Crippen molar-refractivity contribution in [1.82, 2.24) is 4.90 Å². The van der Waals surface area contributed by atoms with Crippen LogP contribution in [-0.4, -0.2) is 37.1 Å². The predicted octanol–water partition coefficient (Wildman–Crippen LogP) is 3.35. The lowest BCUT2D eigenvalue weighted by Crippen LogP contribution is -2.43. The summed E-state index contributed by atoms with van der Waals surface area (Å²) < 4.78 is 5.41. The van der Waals surface area contributed by atoms with Gasteiger partial charge in [0.15, 0.2) is 0 Å². The van der Waals surface area contributed by atoms with E-state index in [0.717, 1.165) is 24.3 Å². The average molecular weight is 331 g/mol. The Morgan fingerprint density at radius 3 is 2.35 bits per heavy atom. The highest BCUT2D eigenvalue weighted by molar-refractivity contribution is 6.30. The lowest BCUT2D eigenvalue weighted by Gasteiger charge is -2.33. The number of nitrogens with one attached hydrogen (secondary N) is 1. The molecule has 1 aliphatic rings. The summed E-state index contributed by atoms with van der Waals surface area (Å²) in [6.45, 7) is 2.79. The van der Waals surface area contributed by atoms with Crippen LogP contribution in [0, 0.1) is 0 Å². The van der Waals surface area contributed by atoms with E-state index in [1.54, 1.807) is 12.1 Å². The molecule has 1 N–H and O–H groups in total. The molecule has 120 valence electrons. The second-order valence-electron chi connectivity index (χ2n) is 5.46. The van der Waals surface area contributed by atoms with E-state index in [-0.39, 0.29) is 11.9 Å². The van der Waals surface area contributed by atoms with Crippen LogP contribution in [0.2, 0.25) is 5.02 Å². The maximum Gasteiger partial charge on any atom is 0.246 e. The minimum Gasteiger partial charge on any atom is -0.379 e. The van der Waals surface area contributed by atoms with Gasteiger partial charge in [-0.3, -0.25) is 9.69 Å². The van der Waals surface area contributed by atoms with Gasteiger partial charge in [-0.25, -0.2) is 0 Å². The molecule has 23 heavy (non-hydrogen) atoms. The van der Waals surface area contributed by atoms with Crippen molar-refractivity contribution in [2.75, 3.05) is 31.6 Å². The van der Waals surface area contributed by atoms with Crippen LogP contribution in [0.25, 0.3) is 0 Å². The van der Waals surface area contributed by atoms with E-state index in [2.05, 4.69) is 10.2 Å². The van der Waals surface area contributed by atoms with Gasteiger partial charge in [-0.2, -0.15) is 0 Å². The van der Waals surface area contributed by atoms with Gasteiger partial charge in [0.2, 0.25) is 5.91 Å². The number of anilines is 1. The molecule has 3 rings (SSSR count). The number of hydrogen-bond acceptors (Lipinski definition) is 3. The lowest BCUT2D eigenvalue weighted by molar-refractivity contribution is -0.123. The second kappa shape index (κ2) is 7.59. The SMILES string of the molecule is O=C(Nc1ccc(Cl)cc1)[C@@H](c1ccccc1)N1CCOCC1. The highest BCUT2D eigenvalue weighted by atomic mass is 35.5. The third kappa shape index (κ3) is 4.10. The highest BCUT2D eigenvalue weighted by Crippen LogP contribution is 2.24. The zero-order valence-corrected chi connectivity index (χ0v) is 13.5. The molecule has 1 heterocycles. The maximum absolute atomic E-state index is 12.9. The normalized spacial score (nSPS) is 16.7. The molecular formula is C18H19ClN2O2. The van der Waals surface area contributed by atoms with Crippen molar-refractivity contribution in [1.29, 1.82) is 0 Å². The zero-order chi connectivity index (χ0) is 16.1. The fourth-order valence-electron chi connectivity index (χ4n) is 2.74. The molecule has 0 saturated carbocycles. The van der Waals surface area contributed by atoms with Crippen LogP contribution in [0.5, 0.6) is 0 Å². The zero-order valence-electron chi connectivity index (χ0n) is 12.7. The van der Waals surface area contributed by atoms with Gasteiger partial charge < -0.3 is 10.1 Å². The molecule has 2 aromatic carbocycles. The molecule has 1 saturated heterocycles. The summed E-state index contributed by atoms with van der Waals surface area (Å²) in [5.74, 6) is -0.0413. The third-order valence-electron chi connectivity index (χ3n) is 3.89. The number of carbonyl (C=O) groups is 1. The number of benzene rings is 2. The van der Waals surface area contributed by atoms with Gasteiger partial charge in [0.25, 0.3) is 0 Å². The first kappa shape index (κ1) is 16.0. The van der Waals surface area contributed by atoms with Gasteiger partial charge >= 0.3 is 0 Å². The minimum atomic E-state index is -0.323. The first-order valence-electron chi connectivity index (χ1n) is 7.67. The molecule has 0 radical (unpaired) electrons. The Labute approximate surface area is 141 Å². The summed E-state index contributed by atoms with van der Waals surface area (Å²) in [6, 6.07) is 16.7. The topological polar surface area (TPSA) is 41.6 Å². The van der Waals surface area contributed by atoms with Crippen LogP contribution in [0.1, 0.15) is 11.6 Å². The molecule has 0 spiro atoms. The Kier molecular flexibility index (Phi) is 5.28. The molecule has 4 nitrogen and oxygen atoms in total. The molecule has 1 atom stereocenters. The van der Waals surface area contributed by atoms with Crippen molar-refractivity contribution >= 4 is 23.2 Å². The monoisotopic (exact) mass is 330 g/mol. The van der Waals surface area contributed by atoms with E-state index in [1.165, 1.54) is 0 Å². The molecule has 1 amide bonds. The fourth-order valence-corrected chi connectivity index (χ4v) is 2.87. The van der Waals surface area contributed by atoms with Gasteiger partial charge in [-0.05, 0) is 29.8 Å². The summed E-state index contributed by atoms with van der Waals surface area (Å²) in [5, 5.41) is 3.63. The van der Waals surface area contributed by atoms with E-state index < -0.39 is 0 Å². The molecule has 0 bridgehead atoms. The number of nitrogens with zero attached hydrogens (tertiary/aromatic N) is 1. The predicted molar refractivity (Wildman–Crippen MR) is 91.7 cm³/mol. The molecule has 2 aromatic rings. The first-order chi connectivity index (χ1) is 11.2. The summed E-state index contributed by atoms with van der Waals surface area (Å²) in [4.78, 5) is 15.0. The molecule has 0 aromatic heterocycles. The largest absolute Gasteiger partial charge is 0.379 e. The van der Waals surface area contributed by atoms with Gasteiger partial charge in [-0.15, -0.1) is 0 Å². The van der Waals surface area contributed by atoms with Crippen molar-refractivity contribution in [3.05, 3.63) is 65.2 Å². The average Bonchev–Trinajstić information content (AvgIpc) is 2.59. The van der Waals surface area contributed by atoms with Crippen molar-refractivity contribution in [3.63, 3.8) is 0 Å². The van der Waals surface area contributed by atoms with E-state index in [1.807, 2.05) is 42.5 Å². The van der Waals surface area contributed by atoms with E-state index in [4.69, 9.17) is 16.3 Å². The number of morpholine rings is 1. The van der Waals surface area contributed by atoms with Crippen LogP contribution in [0.3, 0.4) is 0 Å². The van der Waals surface area contributed by atoms with Crippen molar-refractivity contribution in [2.24, 2.45) is 0 Å². The first-order valence-corrected chi connectivity index (χ1v) is 8.05. The molecule has 1 aliphatic heterocycles. The van der Waals surface area contributed by atoms with Gasteiger partial charge in [0.1, 0.15) is 6.04 Å². The van der Waals surface area contributed by atoms with E-state index >= 15 is 0 Å². The Bertz CT molecular complexity index is 640. The Balaban J connectivity index is 1.82. The van der Waals surface area contributed by atoms with Crippen LogP contribution in [0.4, 0.5) is 5.69 Å². The molecular weight excluding hydrogens is 312 g/mol. The molecule has 1 fully saturated rings. The summed E-state index contributed by atoms with van der Waals surface area (Å²) >= 11 is 5.89. The quantitative estimate of drug-likeness (QED) is 0.934. The van der Waals surface area contributed by atoms with Crippen LogP contribution in [0.15, 0.2) is 54.6 Å². The standard InChI is InChI=1S/C18H19ClN2O2/c19-15-6-8-16(9-7-15)20-18(22)17(14-4-2-1-3-5-14)21-10-12-23-13-11-21/h1-9,17H,10-13H2,(H,20,22)/t17-/m1/s1. The molecule has 0 aliphatic carbocycles. The number of hydrogen-bond donors (Lipinski definition) is 1. The summed E-state index contributed by atoms with van der Waals surface area (Å²) in [7, 11) is 0. The van der Waals surface area contributed by atoms with Crippen molar-refractivity contribution in [3.8, 4) is 0 Å².